The fraction of sp³-hybridized carbons (Fsp3) is 0.385. The van der Waals surface area contributed by atoms with E-state index < -0.39 is 29.8 Å². The van der Waals surface area contributed by atoms with E-state index in [1.165, 1.54) is 26.0 Å². The van der Waals surface area contributed by atoms with Crippen LogP contribution in [0.25, 0.3) is 0 Å². The summed E-state index contributed by atoms with van der Waals surface area (Å²) < 4.78 is 37.2. The Bertz CT molecular complexity index is 455. The van der Waals surface area contributed by atoms with E-state index in [0.29, 0.717) is 0 Å². The molecule has 0 heterocycles. The molecule has 0 aromatic heterocycles. The number of ketones is 1. The Balaban J connectivity index is 2.87. The number of carbonyl (C=O) groups excluding carboxylic acids is 2. The number of carbonyl (C=O) groups is 2. The molecule has 3 nitrogen and oxygen atoms in total. The van der Waals surface area contributed by atoms with Gasteiger partial charge in [-0.15, -0.1) is 0 Å². The van der Waals surface area contributed by atoms with Crippen LogP contribution in [0.15, 0.2) is 30.3 Å². The van der Waals surface area contributed by atoms with Gasteiger partial charge in [-0.05, 0) is 18.1 Å². The van der Waals surface area contributed by atoms with E-state index in [1.54, 1.807) is 18.2 Å². The molecule has 1 aromatic rings. The first-order valence-corrected chi connectivity index (χ1v) is 5.70. The van der Waals surface area contributed by atoms with Crippen LogP contribution < -0.4 is 5.32 Å². The van der Waals surface area contributed by atoms with Crippen LogP contribution in [0.2, 0.25) is 0 Å². The molecule has 0 spiro atoms. The van der Waals surface area contributed by atoms with Crippen molar-refractivity contribution in [3.05, 3.63) is 35.9 Å². The molecule has 0 bridgehead atoms. The predicted octanol–water partition coefficient (Wildman–Crippen LogP) is 2.57. The summed E-state index contributed by atoms with van der Waals surface area (Å²) in [6.07, 6.45) is -4.96. The smallest absolute Gasteiger partial charge is 0.342 e. The topological polar surface area (TPSA) is 46.2 Å². The SMILES string of the molecule is CC(C)C(NC(=O)c1ccccc1)C(=O)C(F)(F)F. The zero-order valence-electron chi connectivity index (χ0n) is 10.5. The van der Waals surface area contributed by atoms with Crippen LogP contribution in [-0.2, 0) is 4.79 Å². The zero-order valence-corrected chi connectivity index (χ0v) is 10.5. The fourth-order valence-electron chi connectivity index (χ4n) is 1.53. The predicted molar refractivity (Wildman–Crippen MR) is 63.6 cm³/mol. The van der Waals surface area contributed by atoms with Gasteiger partial charge in [0.05, 0.1) is 6.04 Å². The Morgan fingerprint density at radius 1 is 1.11 bits per heavy atom. The molecule has 1 rings (SSSR count). The van der Waals surface area contributed by atoms with Gasteiger partial charge in [0.1, 0.15) is 0 Å². The molecule has 1 atom stereocenters. The second-order valence-electron chi connectivity index (χ2n) is 4.42. The van der Waals surface area contributed by atoms with Crippen LogP contribution >= 0.6 is 0 Å². The van der Waals surface area contributed by atoms with Crippen molar-refractivity contribution in [2.45, 2.75) is 26.1 Å². The lowest BCUT2D eigenvalue weighted by Crippen LogP contribution is -2.49. The Hall–Kier alpha value is -1.85. The molecule has 1 N–H and O–H groups in total. The molecule has 0 aliphatic heterocycles. The van der Waals surface area contributed by atoms with Gasteiger partial charge < -0.3 is 5.32 Å². The highest BCUT2D eigenvalue weighted by Gasteiger charge is 2.44. The summed E-state index contributed by atoms with van der Waals surface area (Å²) in [5.74, 6) is -3.29. The highest BCUT2D eigenvalue weighted by molar-refractivity contribution is 5.99. The largest absolute Gasteiger partial charge is 0.452 e. The van der Waals surface area contributed by atoms with Crippen molar-refractivity contribution in [1.29, 1.82) is 0 Å². The third kappa shape index (κ3) is 4.08. The molecule has 0 aliphatic rings. The van der Waals surface area contributed by atoms with Crippen molar-refractivity contribution < 1.29 is 22.8 Å². The van der Waals surface area contributed by atoms with E-state index in [-0.39, 0.29) is 5.56 Å². The minimum absolute atomic E-state index is 0.211. The summed E-state index contributed by atoms with van der Waals surface area (Å²) in [7, 11) is 0. The van der Waals surface area contributed by atoms with Gasteiger partial charge in [-0.3, -0.25) is 9.59 Å². The molecule has 1 aromatic carbocycles. The summed E-state index contributed by atoms with van der Waals surface area (Å²) in [6, 6.07) is 6.20. The van der Waals surface area contributed by atoms with Crippen LogP contribution in [0, 0.1) is 5.92 Å². The second-order valence-corrected chi connectivity index (χ2v) is 4.42. The number of amides is 1. The normalized spacial score (nSPS) is 13.2. The van der Waals surface area contributed by atoms with Crippen molar-refractivity contribution in [1.82, 2.24) is 5.32 Å². The summed E-state index contributed by atoms with van der Waals surface area (Å²) in [6.45, 7) is 2.89. The highest BCUT2D eigenvalue weighted by Crippen LogP contribution is 2.21. The molecule has 0 saturated heterocycles. The summed E-state index contributed by atoms with van der Waals surface area (Å²) >= 11 is 0. The molecule has 0 saturated carbocycles. The van der Waals surface area contributed by atoms with E-state index >= 15 is 0 Å². The van der Waals surface area contributed by atoms with Gasteiger partial charge in [0.15, 0.2) is 0 Å². The number of Topliss-reactive ketones (excluding diaryl/α,β-unsaturated/α-hetero) is 1. The van der Waals surface area contributed by atoms with Crippen LogP contribution in [-0.4, -0.2) is 23.9 Å². The lowest BCUT2D eigenvalue weighted by atomic mass is 9.99. The van der Waals surface area contributed by atoms with Crippen molar-refractivity contribution in [3.8, 4) is 0 Å². The lowest BCUT2D eigenvalue weighted by Gasteiger charge is -2.22. The van der Waals surface area contributed by atoms with Crippen molar-refractivity contribution in [2.24, 2.45) is 5.92 Å². The van der Waals surface area contributed by atoms with Crippen molar-refractivity contribution in [3.63, 3.8) is 0 Å². The van der Waals surface area contributed by atoms with Crippen LogP contribution in [0.1, 0.15) is 24.2 Å². The first-order chi connectivity index (χ1) is 8.73. The van der Waals surface area contributed by atoms with E-state index in [2.05, 4.69) is 5.32 Å². The van der Waals surface area contributed by atoms with Crippen molar-refractivity contribution >= 4 is 11.7 Å². The highest BCUT2D eigenvalue weighted by atomic mass is 19.4. The van der Waals surface area contributed by atoms with E-state index in [1.807, 2.05) is 0 Å². The molecule has 0 radical (unpaired) electrons. The summed E-state index contributed by atoms with van der Waals surface area (Å²) in [5.41, 5.74) is 0.211. The Morgan fingerprint density at radius 3 is 2.05 bits per heavy atom. The van der Waals surface area contributed by atoms with Crippen molar-refractivity contribution in [2.75, 3.05) is 0 Å². The molecule has 19 heavy (non-hydrogen) atoms. The monoisotopic (exact) mass is 273 g/mol. The molecular formula is C13H14F3NO2. The van der Waals surface area contributed by atoms with Crippen LogP contribution in [0.3, 0.4) is 0 Å². The summed E-state index contributed by atoms with van der Waals surface area (Å²) in [4.78, 5) is 23.0. The van der Waals surface area contributed by atoms with Crippen LogP contribution in [0.5, 0.6) is 0 Å². The average Bonchev–Trinajstić information content (AvgIpc) is 2.34. The Morgan fingerprint density at radius 2 is 1.63 bits per heavy atom. The minimum Gasteiger partial charge on any atom is -0.342 e. The van der Waals surface area contributed by atoms with Gasteiger partial charge in [-0.1, -0.05) is 32.0 Å². The number of alkyl halides is 3. The molecule has 0 fully saturated rings. The lowest BCUT2D eigenvalue weighted by molar-refractivity contribution is -0.174. The quantitative estimate of drug-likeness (QED) is 0.916. The maximum atomic E-state index is 12.4. The van der Waals surface area contributed by atoms with Crippen LogP contribution in [0.4, 0.5) is 13.2 Å². The molecule has 1 unspecified atom stereocenters. The summed E-state index contributed by atoms with van der Waals surface area (Å²) in [5, 5.41) is 2.13. The van der Waals surface area contributed by atoms with E-state index in [0.717, 1.165) is 0 Å². The molecule has 0 aliphatic carbocycles. The third-order valence-electron chi connectivity index (χ3n) is 2.55. The van der Waals surface area contributed by atoms with E-state index in [4.69, 9.17) is 0 Å². The number of rotatable bonds is 4. The fourth-order valence-corrected chi connectivity index (χ4v) is 1.53. The molecule has 104 valence electrons. The van der Waals surface area contributed by atoms with Gasteiger partial charge in [-0.2, -0.15) is 13.2 Å². The molecule has 6 heteroatoms. The molecule has 1 amide bonds. The number of hydrogen-bond donors (Lipinski definition) is 1. The first-order valence-electron chi connectivity index (χ1n) is 5.70. The van der Waals surface area contributed by atoms with Gasteiger partial charge in [-0.25, -0.2) is 0 Å². The van der Waals surface area contributed by atoms with Gasteiger partial charge in [0, 0.05) is 5.56 Å². The average molecular weight is 273 g/mol. The maximum Gasteiger partial charge on any atom is 0.452 e. The zero-order chi connectivity index (χ0) is 14.6. The van der Waals surface area contributed by atoms with Gasteiger partial charge in [0.2, 0.25) is 0 Å². The first kappa shape index (κ1) is 15.2. The standard InChI is InChI=1S/C13H14F3NO2/c1-8(2)10(11(18)13(14,15)16)17-12(19)9-6-4-3-5-7-9/h3-8,10H,1-2H3,(H,17,19). The van der Waals surface area contributed by atoms with Gasteiger partial charge in [0.25, 0.3) is 11.7 Å². The third-order valence-corrected chi connectivity index (χ3v) is 2.55. The maximum absolute atomic E-state index is 12.4. The van der Waals surface area contributed by atoms with Gasteiger partial charge >= 0.3 is 6.18 Å². The number of hydrogen-bond acceptors (Lipinski definition) is 2. The second kappa shape index (κ2) is 5.86. The Labute approximate surface area is 108 Å². The van der Waals surface area contributed by atoms with E-state index in [9.17, 15) is 22.8 Å². The minimum atomic E-state index is -4.96. The number of nitrogens with one attached hydrogen (secondary N) is 1. The Kier molecular flexibility index (Phi) is 4.69. The molecular weight excluding hydrogens is 259 g/mol. The number of benzene rings is 1. The number of halogens is 3.